The van der Waals surface area contributed by atoms with Crippen LogP contribution in [0, 0.1) is 17.8 Å². The number of benzene rings is 2. The Bertz CT molecular complexity index is 1790. The van der Waals surface area contributed by atoms with E-state index in [0.29, 0.717) is 36.3 Å². The quantitative estimate of drug-likeness (QED) is 0.358. The SMILES string of the molecule is CC(C)O[C@]1(CN2CCN3CCOC[C@@H]3C2)/C=C/C[C@H](C)[C@@H](C)S(=O)(=O)NC(=O)c2ccc3c(c2)N(CCCCc2cc(Cl)ccc2CO3)C[C@@H]2CC[C@H]21. The number of halogens is 1. The first-order chi connectivity index (χ1) is 25.9. The summed E-state index contributed by atoms with van der Waals surface area (Å²) < 4.78 is 49.4. The number of piperazine rings is 1. The Morgan fingerprint density at radius 2 is 1.87 bits per heavy atom. The minimum Gasteiger partial charge on any atom is -0.487 e. The number of allylic oxidation sites excluding steroid dienone is 1. The van der Waals surface area contributed by atoms with E-state index in [0.717, 1.165) is 107 Å². The van der Waals surface area contributed by atoms with Gasteiger partial charge in [0, 0.05) is 62.4 Å². The molecular weight excluding hydrogens is 724 g/mol. The number of amides is 1. The average molecular weight is 783 g/mol. The third-order valence-electron chi connectivity index (χ3n) is 12.6. The van der Waals surface area contributed by atoms with E-state index < -0.39 is 26.8 Å². The topological polar surface area (TPSA) is 101 Å². The maximum atomic E-state index is 13.7. The van der Waals surface area contributed by atoms with Gasteiger partial charge in [0.05, 0.1) is 30.3 Å². The predicted octanol–water partition coefficient (Wildman–Crippen LogP) is 6.31. The van der Waals surface area contributed by atoms with E-state index in [1.807, 2.05) is 37.3 Å². The molecule has 2 aromatic rings. The van der Waals surface area contributed by atoms with Gasteiger partial charge < -0.3 is 19.1 Å². The number of fused-ring (bicyclic) bond motifs is 4. The Kier molecular flexibility index (Phi) is 12.3. The molecule has 0 aromatic heterocycles. The predicted molar refractivity (Wildman–Crippen MR) is 214 cm³/mol. The van der Waals surface area contributed by atoms with Gasteiger partial charge in [-0.25, -0.2) is 13.1 Å². The Labute approximate surface area is 327 Å². The van der Waals surface area contributed by atoms with E-state index in [4.69, 9.17) is 25.8 Å². The molecule has 2 bridgehead atoms. The molecule has 3 fully saturated rings. The van der Waals surface area contributed by atoms with Gasteiger partial charge in [0.25, 0.3) is 5.91 Å². The van der Waals surface area contributed by atoms with Crippen LogP contribution >= 0.6 is 11.6 Å². The van der Waals surface area contributed by atoms with Crippen LogP contribution in [0.3, 0.4) is 0 Å². The molecule has 6 atom stereocenters. The van der Waals surface area contributed by atoms with Crippen molar-refractivity contribution in [2.24, 2.45) is 17.8 Å². The van der Waals surface area contributed by atoms with Crippen LogP contribution in [0.4, 0.5) is 5.69 Å². The molecule has 4 heterocycles. The van der Waals surface area contributed by atoms with Gasteiger partial charge in [-0.15, -0.1) is 0 Å². The zero-order valence-electron chi connectivity index (χ0n) is 32.5. The summed E-state index contributed by atoms with van der Waals surface area (Å²) in [6.07, 6.45) is 9.93. The van der Waals surface area contributed by atoms with Crippen molar-refractivity contribution in [3.05, 3.63) is 70.3 Å². The number of nitrogens with zero attached hydrogens (tertiary/aromatic N) is 3. The van der Waals surface area contributed by atoms with E-state index in [9.17, 15) is 13.2 Å². The summed E-state index contributed by atoms with van der Waals surface area (Å²) in [5, 5.41) is -0.0703. The number of rotatable bonds is 4. The number of morpholine rings is 1. The third kappa shape index (κ3) is 8.82. The van der Waals surface area contributed by atoms with Gasteiger partial charge in [-0.1, -0.05) is 36.7 Å². The third-order valence-corrected chi connectivity index (χ3v) is 14.8. The molecule has 1 amide bonds. The highest BCUT2D eigenvalue weighted by atomic mass is 35.5. The minimum atomic E-state index is -3.97. The molecule has 2 aromatic carbocycles. The van der Waals surface area contributed by atoms with Crippen molar-refractivity contribution in [2.75, 3.05) is 63.9 Å². The van der Waals surface area contributed by atoms with Crippen molar-refractivity contribution in [1.82, 2.24) is 14.5 Å². The van der Waals surface area contributed by atoms with Crippen molar-refractivity contribution in [1.29, 1.82) is 0 Å². The fourth-order valence-electron chi connectivity index (χ4n) is 9.25. The number of sulfonamides is 1. The number of carbonyl (C=O) groups excluding carboxylic acids is 1. The second-order valence-corrected chi connectivity index (χ2v) is 19.1. The van der Waals surface area contributed by atoms with Crippen LogP contribution in [0.1, 0.15) is 81.3 Å². The Morgan fingerprint density at radius 3 is 2.67 bits per heavy atom. The largest absolute Gasteiger partial charge is 0.487 e. The molecule has 2 saturated heterocycles. The summed E-state index contributed by atoms with van der Waals surface area (Å²) in [7, 11) is -3.97. The van der Waals surface area contributed by atoms with Gasteiger partial charge in [-0.3, -0.25) is 14.6 Å². The molecule has 7 rings (SSSR count). The van der Waals surface area contributed by atoms with E-state index >= 15 is 0 Å². The first kappa shape index (κ1) is 39.6. The smallest absolute Gasteiger partial charge is 0.264 e. The van der Waals surface area contributed by atoms with Gasteiger partial charge in [0.1, 0.15) is 18.0 Å². The van der Waals surface area contributed by atoms with Crippen molar-refractivity contribution in [3.63, 3.8) is 0 Å². The lowest BCUT2D eigenvalue weighted by Gasteiger charge is -2.53. The molecule has 1 N–H and O–H groups in total. The highest BCUT2D eigenvalue weighted by molar-refractivity contribution is 7.90. The molecule has 0 spiro atoms. The number of aryl methyl sites for hydroxylation is 1. The Morgan fingerprint density at radius 1 is 1.02 bits per heavy atom. The molecule has 296 valence electrons. The van der Waals surface area contributed by atoms with Crippen LogP contribution in [0.25, 0.3) is 0 Å². The summed E-state index contributed by atoms with van der Waals surface area (Å²) >= 11 is 6.42. The molecule has 10 nitrogen and oxygen atoms in total. The Balaban J connectivity index is 1.27. The number of hydrogen-bond acceptors (Lipinski definition) is 9. The van der Waals surface area contributed by atoms with E-state index in [1.54, 1.807) is 13.0 Å². The minimum absolute atomic E-state index is 0.00253. The molecule has 1 saturated carbocycles. The highest BCUT2D eigenvalue weighted by Gasteiger charge is 2.50. The van der Waals surface area contributed by atoms with Crippen molar-refractivity contribution in [3.8, 4) is 5.75 Å². The van der Waals surface area contributed by atoms with Crippen molar-refractivity contribution >= 4 is 33.2 Å². The summed E-state index contributed by atoms with van der Waals surface area (Å²) in [6, 6.07) is 11.7. The summed E-state index contributed by atoms with van der Waals surface area (Å²) in [4.78, 5) is 21.2. The summed E-state index contributed by atoms with van der Waals surface area (Å²) in [5.74, 6) is 0.409. The number of anilines is 1. The van der Waals surface area contributed by atoms with Crippen molar-refractivity contribution in [2.45, 2.75) is 95.8 Å². The molecule has 4 aliphatic heterocycles. The first-order valence-electron chi connectivity index (χ1n) is 20.2. The lowest BCUT2D eigenvalue weighted by Crippen LogP contribution is -2.63. The maximum absolute atomic E-state index is 13.7. The second kappa shape index (κ2) is 16.8. The summed E-state index contributed by atoms with van der Waals surface area (Å²) in [5.41, 5.74) is 2.84. The van der Waals surface area contributed by atoms with E-state index in [2.05, 4.69) is 45.4 Å². The van der Waals surface area contributed by atoms with E-state index in [-0.39, 0.29) is 17.9 Å². The molecule has 5 aliphatic rings. The zero-order valence-corrected chi connectivity index (χ0v) is 34.0. The van der Waals surface area contributed by atoms with Gasteiger partial charge >= 0.3 is 0 Å². The molecule has 12 heteroatoms. The molecular formula is C42H59ClN4O6S. The van der Waals surface area contributed by atoms with E-state index in [1.165, 1.54) is 5.56 Å². The average Bonchev–Trinajstić information content (AvgIpc) is 3.15. The Hall–Kier alpha value is -2.67. The first-order valence-corrected chi connectivity index (χ1v) is 22.1. The lowest BCUT2D eigenvalue weighted by atomic mass is 9.63. The van der Waals surface area contributed by atoms with Crippen LogP contribution in [-0.2, 0) is 32.5 Å². The van der Waals surface area contributed by atoms with Gasteiger partial charge in [-0.2, -0.15) is 0 Å². The highest BCUT2D eigenvalue weighted by Crippen LogP contribution is 2.47. The van der Waals surface area contributed by atoms with Crippen LogP contribution in [0.15, 0.2) is 48.6 Å². The number of nitrogens with one attached hydrogen (secondary N) is 1. The van der Waals surface area contributed by atoms with Crippen molar-refractivity contribution < 1.29 is 27.4 Å². The fraction of sp³-hybridized carbons (Fsp3) is 0.643. The van der Waals surface area contributed by atoms with Gasteiger partial charge in [-0.05, 0) is 119 Å². The number of ether oxygens (including phenoxy) is 3. The fourth-order valence-corrected chi connectivity index (χ4v) is 10.7. The standard InChI is InChI=1S/C42H59ClN4O6S/c1-29(2)53-42(28-45-18-19-46-20-21-51-27-37(46)25-45)16-7-8-30(3)31(4)54(49,50)44-41(48)33-12-15-40-39(23-33)47(24-34-11-14-38(34)42)17-6-5-9-32-22-36(43)13-10-35(32)26-52-40/h7,10,12-13,15-16,22-23,29-31,34,37-38H,5-6,8-9,11,14,17-21,24-28H2,1-4H3,(H,44,48)/b16-7+/t30-,31+,34-,37-,38+,42-/m0/s1. The number of hydrogen-bond donors (Lipinski definition) is 1. The molecule has 0 radical (unpaired) electrons. The van der Waals surface area contributed by atoms with Gasteiger partial charge in [0.15, 0.2) is 0 Å². The summed E-state index contributed by atoms with van der Waals surface area (Å²) in [6.45, 7) is 16.1. The lowest BCUT2D eigenvalue weighted by molar-refractivity contribution is -0.143. The van der Waals surface area contributed by atoms with Crippen LogP contribution in [0.2, 0.25) is 5.02 Å². The number of carbonyl (C=O) groups is 1. The molecule has 54 heavy (non-hydrogen) atoms. The van der Waals surface area contributed by atoms with Crippen LogP contribution in [-0.4, -0.2) is 106 Å². The van der Waals surface area contributed by atoms with Crippen LogP contribution < -0.4 is 14.4 Å². The maximum Gasteiger partial charge on any atom is 0.264 e. The zero-order chi connectivity index (χ0) is 38.0. The van der Waals surface area contributed by atoms with Crippen LogP contribution in [0.5, 0.6) is 5.75 Å². The molecule has 1 aliphatic carbocycles. The second-order valence-electron chi connectivity index (χ2n) is 16.6. The van der Waals surface area contributed by atoms with Gasteiger partial charge in [0.2, 0.25) is 10.0 Å². The normalized spacial score (nSPS) is 31.8. The molecule has 0 unspecified atom stereocenters. The monoisotopic (exact) mass is 782 g/mol.